The van der Waals surface area contributed by atoms with E-state index in [2.05, 4.69) is 25.3 Å². The average Bonchev–Trinajstić information content (AvgIpc) is 3.01. The lowest BCUT2D eigenvalue weighted by atomic mass is 10.2. The molecule has 8 heteroatoms. The Hall–Kier alpha value is -2.03. The molecule has 24 heavy (non-hydrogen) atoms. The first-order valence-corrected chi connectivity index (χ1v) is 8.11. The zero-order valence-electron chi connectivity index (χ0n) is 14.2. The number of hydrogen-bond donors (Lipinski definition) is 1. The number of aryl methyl sites for hydroxylation is 1. The van der Waals surface area contributed by atoms with Crippen molar-refractivity contribution in [2.24, 2.45) is 7.05 Å². The summed E-state index contributed by atoms with van der Waals surface area (Å²) in [6.45, 7) is 4.34. The van der Waals surface area contributed by atoms with Crippen LogP contribution in [-0.2, 0) is 23.1 Å². The average molecular weight is 332 g/mol. The molecule has 1 atom stereocenters. The fraction of sp³-hybridized carbons (Fsp3) is 0.562. The Morgan fingerprint density at radius 2 is 2.38 bits per heavy atom. The van der Waals surface area contributed by atoms with Crippen LogP contribution in [-0.4, -0.2) is 64.7 Å². The van der Waals surface area contributed by atoms with Gasteiger partial charge in [-0.1, -0.05) is 0 Å². The van der Waals surface area contributed by atoms with Crippen LogP contribution >= 0.6 is 0 Å². The van der Waals surface area contributed by atoms with Gasteiger partial charge >= 0.3 is 0 Å². The molecular formula is C16H24N6O2. The number of ether oxygens (including phenoxy) is 2. The summed E-state index contributed by atoms with van der Waals surface area (Å²) < 4.78 is 12.5. The van der Waals surface area contributed by atoms with Crippen LogP contribution in [0.2, 0.25) is 0 Å². The number of nitrogens with zero attached hydrogens (tertiary/aromatic N) is 5. The molecule has 0 saturated carbocycles. The van der Waals surface area contributed by atoms with Crippen LogP contribution in [0.3, 0.4) is 0 Å². The molecule has 2 aromatic rings. The summed E-state index contributed by atoms with van der Waals surface area (Å²) in [5, 5.41) is 7.49. The highest BCUT2D eigenvalue weighted by Gasteiger charge is 2.27. The molecule has 1 fully saturated rings. The molecule has 3 heterocycles. The van der Waals surface area contributed by atoms with E-state index in [0.29, 0.717) is 19.8 Å². The highest BCUT2D eigenvalue weighted by Crippen LogP contribution is 2.24. The molecule has 0 radical (unpaired) electrons. The zero-order valence-corrected chi connectivity index (χ0v) is 14.2. The molecule has 1 saturated heterocycles. The lowest BCUT2D eigenvalue weighted by Gasteiger charge is -2.34. The summed E-state index contributed by atoms with van der Waals surface area (Å²) in [5.41, 5.74) is 1.18. The maximum absolute atomic E-state index is 5.67. The van der Waals surface area contributed by atoms with E-state index in [9.17, 15) is 0 Å². The minimum atomic E-state index is 0.0446. The van der Waals surface area contributed by atoms with Gasteiger partial charge in [-0.3, -0.25) is 9.58 Å². The summed E-state index contributed by atoms with van der Waals surface area (Å²) in [5.74, 6) is 1.59. The summed E-state index contributed by atoms with van der Waals surface area (Å²) >= 11 is 0. The third kappa shape index (κ3) is 4.28. The van der Waals surface area contributed by atoms with Crippen molar-refractivity contribution >= 4 is 5.82 Å². The summed E-state index contributed by atoms with van der Waals surface area (Å²) in [7, 11) is 3.61. The third-order valence-corrected chi connectivity index (χ3v) is 3.97. The number of morpholine rings is 1. The van der Waals surface area contributed by atoms with Gasteiger partial charge < -0.3 is 14.8 Å². The molecule has 8 nitrogen and oxygen atoms in total. The second-order valence-corrected chi connectivity index (χ2v) is 5.80. The Bertz CT molecular complexity index is 647. The first-order valence-electron chi connectivity index (χ1n) is 8.11. The predicted octanol–water partition coefficient (Wildman–Crippen LogP) is 0.842. The molecule has 1 aliphatic rings. The Morgan fingerprint density at radius 1 is 1.46 bits per heavy atom. The van der Waals surface area contributed by atoms with E-state index in [1.54, 1.807) is 13.3 Å². The maximum Gasteiger partial charge on any atom is 0.150 e. The summed E-state index contributed by atoms with van der Waals surface area (Å²) in [6.07, 6.45) is 5.72. The first-order chi connectivity index (χ1) is 11.8. The van der Waals surface area contributed by atoms with Crippen LogP contribution in [0.5, 0.6) is 0 Å². The van der Waals surface area contributed by atoms with Crippen molar-refractivity contribution in [2.75, 3.05) is 45.3 Å². The van der Waals surface area contributed by atoms with Gasteiger partial charge in [0.25, 0.3) is 0 Å². The fourth-order valence-corrected chi connectivity index (χ4v) is 2.77. The largest absolute Gasteiger partial charge is 0.383 e. The molecule has 0 bridgehead atoms. The number of hydrogen-bond acceptors (Lipinski definition) is 7. The molecule has 0 aromatic carbocycles. The monoisotopic (exact) mass is 332 g/mol. The van der Waals surface area contributed by atoms with Gasteiger partial charge in [-0.05, 0) is 6.07 Å². The smallest absolute Gasteiger partial charge is 0.150 e. The van der Waals surface area contributed by atoms with E-state index in [4.69, 9.17) is 9.47 Å². The van der Waals surface area contributed by atoms with E-state index >= 15 is 0 Å². The molecular weight excluding hydrogens is 308 g/mol. The summed E-state index contributed by atoms with van der Waals surface area (Å²) in [4.78, 5) is 11.5. The maximum atomic E-state index is 5.67. The van der Waals surface area contributed by atoms with Crippen molar-refractivity contribution in [1.29, 1.82) is 0 Å². The Kier molecular flexibility index (Phi) is 5.73. The van der Waals surface area contributed by atoms with Crippen LogP contribution in [0.25, 0.3) is 0 Å². The second-order valence-electron chi connectivity index (χ2n) is 5.80. The minimum Gasteiger partial charge on any atom is -0.383 e. The third-order valence-electron chi connectivity index (χ3n) is 3.97. The topological polar surface area (TPSA) is 77.3 Å². The number of nitrogens with one attached hydrogen (secondary N) is 1. The molecule has 1 aliphatic heterocycles. The molecule has 1 N–H and O–H groups in total. The van der Waals surface area contributed by atoms with Crippen LogP contribution in [0, 0.1) is 0 Å². The van der Waals surface area contributed by atoms with Gasteiger partial charge in [0.05, 0.1) is 32.1 Å². The highest BCUT2D eigenvalue weighted by atomic mass is 16.5. The highest BCUT2D eigenvalue weighted by molar-refractivity contribution is 5.33. The van der Waals surface area contributed by atoms with Gasteiger partial charge in [0.1, 0.15) is 11.6 Å². The number of rotatable bonds is 7. The minimum absolute atomic E-state index is 0.0446. The van der Waals surface area contributed by atoms with E-state index < -0.39 is 0 Å². The molecule has 0 unspecified atom stereocenters. The number of methoxy groups -OCH3 is 1. The molecule has 0 amide bonds. The van der Waals surface area contributed by atoms with Crippen molar-refractivity contribution in [2.45, 2.75) is 12.6 Å². The standard InChI is InChI=1S/C16H24N6O2/c1-21-10-13(9-19-21)11-22-6-8-24-12-14(22)16-18-4-3-15(20-16)17-5-7-23-2/h3-4,9-10,14H,5-8,11-12H2,1-2H3,(H,17,18,20)/t14-/m1/s1. The quantitative estimate of drug-likeness (QED) is 0.753. The van der Waals surface area contributed by atoms with Crippen LogP contribution < -0.4 is 5.32 Å². The molecule has 0 spiro atoms. The van der Waals surface area contributed by atoms with Crippen LogP contribution in [0.15, 0.2) is 24.7 Å². The van der Waals surface area contributed by atoms with Crippen LogP contribution in [0.1, 0.15) is 17.4 Å². The van der Waals surface area contributed by atoms with Gasteiger partial charge in [0.2, 0.25) is 0 Å². The molecule has 0 aliphatic carbocycles. The van der Waals surface area contributed by atoms with Gasteiger partial charge in [-0.25, -0.2) is 9.97 Å². The van der Waals surface area contributed by atoms with Crippen molar-refractivity contribution in [3.63, 3.8) is 0 Å². The van der Waals surface area contributed by atoms with E-state index in [0.717, 1.165) is 31.3 Å². The predicted molar refractivity (Wildman–Crippen MR) is 89.6 cm³/mol. The van der Waals surface area contributed by atoms with Crippen molar-refractivity contribution in [3.8, 4) is 0 Å². The fourth-order valence-electron chi connectivity index (χ4n) is 2.77. The van der Waals surface area contributed by atoms with E-state index in [1.807, 2.05) is 30.2 Å². The molecule has 3 rings (SSSR count). The Balaban J connectivity index is 1.71. The number of aromatic nitrogens is 4. The molecule has 130 valence electrons. The Morgan fingerprint density at radius 3 is 3.17 bits per heavy atom. The van der Waals surface area contributed by atoms with Gasteiger partial charge in [0.15, 0.2) is 0 Å². The van der Waals surface area contributed by atoms with Crippen LogP contribution in [0.4, 0.5) is 5.82 Å². The second kappa shape index (κ2) is 8.18. The van der Waals surface area contributed by atoms with Crippen molar-refractivity contribution in [3.05, 3.63) is 36.0 Å². The normalized spacial score (nSPS) is 18.7. The first kappa shape index (κ1) is 16.8. The lowest BCUT2D eigenvalue weighted by Crippen LogP contribution is -2.39. The van der Waals surface area contributed by atoms with Crippen molar-refractivity contribution in [1.82, 2.24) is 24.6 Å². The van der Waals surface area contributed by atoms with Gasteiger partial charge in [-0.2, -0.15) is 5.10 Å². The van der Waals surface area contributed by atoms with E-state index in [1.165, 1.54) is 5.56 Å². The molecule has 2 aromatic heterocycles. The summed E-state index contributed by atoms with van der Waals surface area (Å²) in [6, 6.07) is 1.91. The van der Waals surface area contributed by atoms with Gasteiger partial charge in [0, 0.05) is 51.7 Å². The van der Waals surface area contributed by atoms with Crippen molar-refractivity contribution < 1.29 is 9.47 Å². The Labute approximate surface area is 141 Å². The zero-order chi connectivity index (χ0) is 16.8. The lowest BCUT2D eigenvalue weighted by molar-refractivity contribution is -0.0159. The van der Waals surface area contributed by atoms with E-state index in [-0.39, 0.29) is 6.04 Å². The SMILES string of the molecule is COCCNc1ccnc([C@H]2COCCN2Cc2cnn(C)c2)n1. The van der Waals surface area contributed by atoms with Gasteiger partial charge in [-0.15, -0.1) is 0 Å². The number of anilines is 1.